The summed E-state index contributed by atoms with van der Waals surface area (Å²) in [6, 6.07) is 0. The zero-order valence-corrected chi connectivity index (χ0v) is 9.87. The second kappa shape index (κ2) is 5.28. The molecule has 2 aliphatic rings. The summed E-state index contributed by atoms with van der Waals surface area (Å²) < 4.78 is 11.3. The predicted octanol–water partition coefficient (Wildman–Crippen LogP) is 1.43. The first kappa shape index (κ1) is 11.4. The minimum atomic E-state index is 0.391. The van der Waals surface area contributed by atoms with Crippen molar-refractivity contribution >= 4 is 0 Å². The molecule has 3 atom stereocenters. The lowest BCUT2D eigenvalue weighted by molar-refractivity contribution is 0.0205. The summed E-state index contributed by atoms with van der Waals surface area (Å²) in [7, 11) is 0. The van der Waals surface area contributed by atoms with Crippen LogP contribution in [0.4, 0.5) is 0 Å². The molecule has 0 saturated carbocycles. The molecule has 0 aromatic heterocycles. The smallest absolute Gasteiger partial charge is 0.0863 e. The van der Waals surface area contributed by atoms with Crippen molar-refractivity contribution in [1.29, 1.82) is 0 Å². The highest BCUT2D eigenvalue weighted by Gasteiger charge is 2.38. The molecule has 3 nitrogen and oxygen atoms in total. The fraction of sp³-hybridized carbons (Fsp3) is 1.00. The van der Waals surface area contributed by atoms with E-state index in [9.17, 15) is 0 Å². The third kappa shape index (κ3) is 3.16. The van der Waals surface area contributed by atoms with Gasteiger partial charge in [-0.05, 0) is 25.3 Å². The topological polar surface area (TPSA) is 30.5 Å². The quantitative estimate of drug-likeness (QED) is 0.701. The van der Waals surface area contributed by atoms with Gasteiger partial charge in [0, 0.05) is 12.5 Å². The van der Waals surface area contributed by atoms with E-state index in [1.54, 1.807) is 0 Å². The third-order valence-corrected chi connectivity index (χ3v) is 3.34. The first-order valence-electron chi connectivity index (χ1n) is 6.19. The second-order valence-corrected chi connectivity index (χ2v) is 5.22. The summed E-state index contributed by atoms with van der Waals surface area (Å²) in [6.07, 6.45) is 3.25. The average Bonchev–Trinajstić information content (AvgIpc) is 2.71. The number of hydrogen-bond donors (Lipinski definition) is 1. The third-order valence-electron chi connectivity index (χ3n) is 3.34. The van der Waals surface area contributed by atoms with Crippen molar-refractivity contribution in [3.8, 4) is 0 Å². The van der Waals surface area contributed by atoms with Crippen LogP contribution in [0, 0.1) is 11.8 Å². The van der Waals surface area contributed by atoms with Crippen LogP contribution in [0.15, 0.2) is 0 Å². The van der Waals surface area contributed by atoms with Crippen LogP contribution < -0.4 is 5.32 Å². The van der Waals surface area contributed by atoms with Crippen LogP contribution >= 0.6 is 0 Å². The molecule has 1 unspecified atom stereocenters. The molecule has 0 aliphatic carbocycles. The maximum Gasteiger partial charge on any atom is 0.0863 e. The standard InChI is InChI=1S/C12H23NO2/c1-9(2)3-4-13-6-11-5-10-7-14-8-12(10)15-11/h9-13H,3-8H2,1-2H3/t10-,11?,12+/m0/s1. The summed E-state index contributed by atoms with van der Waals surface area (Å²) in [5.74, 6) is 1.46. The number of hydrogen-bond acceptors (Lipinski definition) is 3. The van der Waals surface area contributed by atoms with Gasteiger partial charge in [-0.3, -0.25) is 0 Å². The van der Waals surface area contributed by atoms with Gasteiger partial charge in [0.2, 0.25) is 0 Å². The van der Waals surface area contributed by atoms with Crippen LogP contribution in [0.5, 0.6) is 0 Å². The van der Waals surface area contributed by atoms with E-state index in [-0.39, 0.29) is 0 Å². The molecule has 2 fully saturated rings. The average molecular weight is 213 g/mol. The van der Waals surface area contributed by atoms with E-state index < -0.39 is 0 Å². The Morgan fingerprint density at radius 2 is 2.20 bits per heavy atom. The lowest BCUT2D eigenvalue weighted by Gasteiger charge is -2.13. The van der Waals surface area contributed by atoms with Gasteiger partial charge in [-0.25, -0.2) is 0 Å². The predicted molar refractivity (Wildman–Crippen MR) is 59.9 cm³/mol. The van der Waals surface area contributed by atoms with Gasteiger partial charge < -0.3 is 14.8 Å². The Balaban J connectivity index is 1.57. The number of nitrogens with one attached hydrogen (secondary N) is 1. The van der Waals surface area contributed by atoms with E-state index in [0.29, 0.717) is 18.1 Å². The van der Waals surface area contributed by atoms with Crippen molar-refractivity contribution in [2.24, 2.45) is 11.8 Å². The van der Waals surface area contributed by atoms with Crippen molar-refractivity contribution < 1.29 is 9.47 Å². The van der Waals surface area contributed by atoms with Crippen molar-refractivity contribution in [3.63, 3.8) is 0 Å². The van der Waals surface area contributed by atoms with Gasteiger partial charge in [0.05, 0.1) is 25.4 Å². The maximum atomic E-state index is 5.90. The van der Waals surface area contributed by atoms with Gasteiger partial charge in [-0.15, -0.1) is 0 Å². The van der Waals surface area contributed by atoms with Crippen LogP contribution in [-0.2, 0) is 9.47 Å². The Bertz CT molecular complexity index is 184. The largest absolute Gasteiger partial charge is 0.378 e. The molecular weight excluding hydrogens is 190 g/mol. The molecule has 0 bridgehead atoms. The minimum absolute atomic E-state index is 0.391. The summed E-state index contributed by atoms with van der Waals surface area (Å²) >= 11 is 0. The van der Waals surface area contributed by atoms with Gasteiger partial charge in [-0.2, -0.15) is 0 Å². The molecule has 2 aliphatic heterocycles. The van der Waals surface area contributed by atoms with E-state index in [1.165, 1.54) is 12.8 Å². The highest BCUT2D eigenvalue weighted by molar-refractivity contribution is 4.86. The summed E-state index contributed by atoms with van der Waals surface area (Å²) in [5.41, 5.74) is 0. The van der Waals surface area contributed by atoms with Crippen LogP contribution in [0.3, 0.4) is 0 Å². The Hall–Kier alpha value is -0.120. The molecule has 0 aromatic carbocycles. The lowest BCUT2D eigenvalue weighted by Crippen LogP contribution is -2.29. The van der Waals surface area contributed by atoms with E-state index in [2.05, 4.69) is 19.2 Å². The van der Waals surface area contributed by atoms with Gasteiger partial charge in [0.1, 0.15) is 0 Å². The van der Waals surface area contributed by atoms with Crippen molar-refractivity contribution in [2.75, 3.05) is 26.3 Å². The summed E-state index contributed by atoms with van der Waals surface area (Å²) in [4.78, 5) is 0. The minimum Gasteiger partial charge on any atom is -0.378 e. The van der Waals surface area contributed by atoms with Gasteiger partial charge in [0.15, 0.2) is 0 Å². The molecule has 2 saturated heterocycles. The van der Waals surface area contributed by atoms with Crippen molar-refractivity contribution in [1.82, 2.24) is 5.32 Å². The monoisotopic (exact) mass is 213 g/mol. The molecule has 15 heavy (non-hydrogen) atoms. The second-order valence-electron chi connectivity index (χ2n) is 5.22. The van der Waals surface area contributed by atoms with Crippen LogP contribution in [0.1, 0.15) is 26.7 Å². The first-order chi connectivity index (χ1) is 7.25. The first-order valence-corrected chi connectivity index (χ1v) is 6.19. The van der Waals surface area contributed by atoms with Crippen molar-refractivity contribution in [2.45, 2.75) is 38.9 Å². The summed E-state index contributed by atoms with van der Waals surface area (Å²) in [6.45, 7) is 8.37. The molecule has 88 valence electrons. The molecule has 3 heteroatoms. The fourth-order valence-corrected chi connectivity index (χ4v) is 2.37. The van der Waals surface area contributed by atoms with E-state index >= 15 is 0 Å². The highest BCUT2D eigenvalue weighted by atomic mass is 16.6. The SMILES string of the molecule is CC(C)CCNCC1C[C@H]2COC[C@H]2O1. The molecule has 1 N–H and O–H groups in total. The van der Waals surface area contributed by atoms with Crippen LogP contribution in [-0.4, -0.2) is 38.5 Å². The molecule has 0 aromatic rings. The molecule has 0 amide bonds. The number of fused-ring (bicyclic) bond motifs is 1. The Morgan fingerprint density at radius 1 is 1.33 bits per heavy atom. The van der Waals surface area contributed by atoms with Gasteiger partial charge in [-0.1, -0.05) is 13.8 Å². The van der Waals surface area contributed by atoms with Gasteiger partial charge >= 0.3 is 0 Å². The summed E-state index contributed by atoms with van der Waals surface area (Å²) in [5, 5.41) is 3.48. The fourth-order valence-electron chi connectivity index (χ4n) is 2.37. The zero-order chi connectivity index (χ0) is 10.7. The Labute approximate surface area is 92.5 Å². The van der Waals surface area contributed by atoms with Gasteiger partial charge in [0.25, 0.3) is 0 Å². The number of ether oxygens (including phenoxy) is 2. The molecule has 0 spiro atoms. The van der Waals surface area contributed by atoms with Crippen molar-refractivity contribution in [3.05, 3.63) is 0 Å². The molecule has 0 radical (unpaired) electrons. The van der Waals surface area contributed by atoms with E-state index in [0.717, 1.165) is 32.2 Å². The Morgan fingerprint density at radius 3 is 2.93 bits per heavy atom. The van der Waals surface area contributed by atoms with E-state index in [1.807, 2.05) is 0 Å². The van der Waals surface area contributed by atoms with Crippen LogP contribution in [0.2, 0.25) is 0 Å². The normalized spacial score (nSPS) is 35.0. The lowest BCUT2D eigenvalue weighted by atomic mass is 10.0. The Kier molecular flexibility index (Phi) is 4.00. The molecule has 2 rings (SSSR count). The maximum absolute atomic E-state index is 5.90. The molecule has 2 heterocycles. The van der Waals surface area contributed by atoms with E-state index in [4.69, 9.17) is 9.47 Å². The van der Waals surface area contributed by atoms with Crippen LogP contribution in [0.25, 0.3) is 0 Å². The molecular formula is C12H23NO2. The number of rotatable bonds is 5. The highest BCUT2D eigenvalue weighted by Crippen LogP contribution is 2.30. The zero-order valence-electron chi connectivity index (χ0n) is 9.87.